The maximum atomic E-state index is 13.6. The van der Waals surface area contributed by atoms with Crippen molar-refractivity contribution in [3.63, 3.8) is 0 Å². The van der Waals surface area contributed by atoms with E-state index in [9.17, 15) is 9.59 Å². The SMILES string of the molecule is CC/C=C\C=C/C1=CC2(CCN(C(=O)C(Cc3ccccc3)NC(=O)CN(C)C)CC2)CN1SC. The molecule has 1 atom stereocenters. The number of allylic oxidation sites excluding steroid dienone is 4. The molecule has 0 bridgehead atoms. The Balaban J connectivity index is 1.67. The zero-order chi connectivity index (χ0) is 25.3. The fourth-order valence-corrected chi connectivity index (χ4v) is 5.46. The maximum Gasteiger partial charge on any atom is 0.245 e. The normalized spacial score (nSPS) is 18.6. The third kappa shape index (κ3) is 7.74. The van der Waals surface area contributed by atoms with E-state index in [4.69, 9.17) is 0 Å². The van der Waals surface area contributed by atoms with Crippen molar-refractivity contribution in [3.05, 3.63) is 72.0 Å². The Bertz CT molecular complexity index is 934. The van der Waals surface area contributed by atoms with Crippen LogP contribution in [0.2, 0.25) is 0 Å². The lowest BCUT2D eigenvalue weighted by Crippen LogP contribution is -2.54. The van der Waals surface area contributed by atoms with Gasteiger partial charge in [-0.1, -0.05) is 73.5 Å². The smallest absolute Gasteiger partial charge is 0.245 e. The van der Waals surface area contributed by atoms with Gasteiger partial charge in [0.05, 0.1) is 6.54 Å². The van der Waals surface area contributed by atoms with Crippen molar-refractivity contribution in [2.24, 2.45) is 5.41 Å². The fourth-order valence-electron chi connectivity index (χ4n) is 4.75. The molecule has 35 heavy (non-hydrogen) atoms. The van der Waals surface area contributed by atoms with Crippen LogP contribution in [0.1, 0.15) is 31.7 Å². The number of likely N-dealkylation sites (N-methyl/N-ethyl adjacent to an activating group) is 1. The Morgan fingerprint density at radius 3 is 2.51 bits per heavy atom. The highest BCUT2D eigenvalue weighted by Crippen LogP contribution is 2.43. The topological polar surface area (TPSA) is 55.9 Å². The summed E-state index contributed by atoms with van der Waals surface area (Å²) < 4.78 is 2.35. The molecule has 2 heterocycles. The highest BCUT2D eigenvalue weighted by atomic mass is 32.2. The molecule has 3 rings (SSSR count). The van der Waals surface area contributed by atoms with E-state index in [0.717, 1.165) is 31.4 Å². The first-order chi connectivity index (χ1) is 16.9. The predicted octanol–water partition coefficient (Wildman–Crippen LogP) is 3.88. The summed E-state index contributed by atoms with van der Waals surface area (Å²) in [4.78, 5) is 29.9. The number of rotatable bonds is 10. The van der Waals surface area contributed by atoms with E-state index in [1.807, 2.05) is 54.2 Å². The summed E-state index contributed by atoms with van der Waals surface area (Å²) in [6, 6.07) is 9.37. The van der Waals surface area contributed by atoms with Crippen molar-refractivity contribution in [3.8, 4) is 0 Å². The van der Waals surface area contributed by atoms with Gasteiger partial charge in [0.15, 0.2) is 0 Å². The molecule has 1 aromatic carbocycles. The summed E-state index contributed by atoms with van der Waals surface area (Å²) in [7, 11) is 3.71. The van der Waals surface area contributed by atoms with Crippen LogP contribution >= 0.6 is 11.9 Å². The Labute approximate surface area is 215 Å². The van der Waals surface area contributed by atoms with Crippen molar-refractivity contribution in [2.45, 2.75) is 38.6 Å². The zero-order valence-electron chi connectivity index (χ0n) is 21.6. The molecule has 2 aliphatic rings. The maximum absolute atomic E-state index is 13.6. The number of carbonyl (C=O) groups is 2. The molecule has 1 aromatic rings. The second-order valence-corrected chi connectivity index (χ2v) is 10.5. The van der Waals surface area contributed by atoms with Gasteiger partial charge in [0, 0.05) is 43.4 Å². The lowest BCUT2D eigenvalue weighted by Gasteiger charge is -2.40. The lowest BCUT2D eigenvalue weighted by molar-refractivity contribution is -0.138. The number of hydrogen-bond acceptors (Lipinski definition) is 5. The molecule has 1 fully saturated rings. The second-order valence-electron chi connectivity index (χ2n) is 9.72. The standard InChI is InChI=1S/C28H40N4O2S/c1-5-6-7-11-14-24-20-28(22-32(24)35-4)15-17-31(18-16-28)27(34)25(29-26(33)21-30(2)3)19-23-12-9-8-10-13-23/h6-14,20,25H,5,15-19,21-22H2,1-4H3,(H,29,33)/b7-6-,14-11-. The number of nitrogens with one attached hydrogen (secondary N) is 1. The Hall–Kier alpha value is -2.51. The number of carbonyl (C=O) groups excluding carboxylic acids is 2. The first-order valence-corrected chi connectivity index (χ1v) is 13.7. The molecule has 1 unspecified atom stereocenters. The molecule has 1 N–H and O–H groups in total. The van der Waals surface area contributed by atoms with Crippen LogP contribution in [0, 0.1) is 5.41 Å². The molecular weight excluding hydrogens is 456 g/mol. The van der Waals surface area contributed by atoms with E-state index in [1.54, 1.807) is 11.9 Å². The van der Waals surface area contributed by atoms with Gasteiger partial charge in [-0.2, -0.15) is 0 Å². The first kappa shape index (κ1) is 27.1. The molecule has 1 saturated heterocycles. The second kappa shape index (κ2) is 13.0. The van der Waals surface area contributed by atoms with E-state index in [-0.39, 0.29) is 23.8 Å². The number of amides is 2. The molecule has 2 aliphatic heterocycles. The number of likely N-dealkylation sites (tertiary alicyclic amines) is 1. The fraction of sp³-hybridized carbons (Fsp3) is 0.500. The van der Waals surface area contributed by atoms with Gasteiger partial charge in [0.2, 0.25) is 11.8 Å². The number of piperidine rings is 1. The van der Waals surface area contributed by atoms with Gasteiger partial charge in [0.25, 0.3) is 0 Å². The lowest BCUT2D eigenvalue weighted by atomic mass is 9.79. The van der Waals surface area contributed by atoms with Crippen LogP contribution < -0.4 is 5.32 Å². The quantitative estimate of drug-likeness (QED) is 0.394. The summed E-state index contributed by atoms with van der Waals surface area (Å²) in [5.41, 5.74) is 2.39. The monoisotopic (exact) mass is 496 g/mol. The number of nitrogens with zero attached hydrogens (tertiary/aromatic N) is 3. The van der Waals surface area contributed by atoms with Gasteiger partial charge < -0.3 is 19.4 Å². The van der Waals surface area contributed by atoms with E-state index >= 15 is 0 Å². The number of hydrogen-bond donors (Lipinski definition) is 1. The van der Waals surface area contributed by atoms with Crippen LogP contribution in [0.5, 0.6) is 0 Å². The van der Waals surface area contributed by atoms with Crippen LogP contribution in [0.4, 0.5) is 0 Å². The highest BCUT2D eigenvalue weighted by molar-refractivity contribution is 7.96. The first-order valence-electron chi connectivity index (χ1n) is 12.5. The number of benzene rings is 1. The van der Waals surface area contributed by atoms with Crippen LogP contribution in [0.25, 0.3) is 0 Å². The van der Waals surface area contributed by atoms with Gasteiger partial charge in [-0.25, -0.2) is 0 Å². The average molecular weight is 497 g/mol. The van der Waals surface area contributed by atoms with E-state index < -0.39 is 6.04 Å². The molecule has 0 radical (unpaired) electrons. The van der Waals surface area contributed by atoms with Crippen molar-refractivity contribution >= 4 is 23.8 Å². The average Bonchev–Trinajstić information content (AvgIpc) is 3.18. The molecule has 7 heteroatoms. The predicted molar refractivity (Wildman–Crippen MR) is 146 cm³/mol. The Morgan fingerprint density at radius 2 is 1.89 bits per heavy atom. The van der Waals surface area contributed by atoms with E-state index in [2.05, 4.69) is 53.2 Å². The van der Waals surface area contributed by atoms with Crippen LogP contribution in [0.3, 0.4) is 0 Å². The summed E-state index contributed by atoms with van der Waals surface area (Å²) >= 11 is 1.75. The minimum absolute atomic E-state index is 0.0179. The van der Waals surface area contributed by atoms with Gasteiger partial charge in [0.1, 0.15) is 6.04 Å². The van der Waals surface area contributed by atoms with Crippen molar-refractivity contribution in [1.82, 2.24) is 19.4 Å². The Morgan fingerprint density at radius 1 is 1.17 bits per heavy atom. The van der Waals surface area contributed by atoms with E-state index in [0.29, 0.717) is 19.5 Å². The van der Waals surface area contributed by atoms with Crippen LogP contribution in [-0.4, -0.2) is 78.5 Å². The third-order valence-corrected chi connectivity index (χ3v) is 7.40. The molecule has 6 nitrogen and oxygen atoms in total. The van der Waals surface area contributed by atoms with Crippen molar-refractivity contribution in [2.75, 3.05) is 46.5 Å². The van der Waals surface area contributed by atoms with Gasteiger partial charge in [-0.05, 0) is 45.0 Å². The molecule has 0 aliphatic carbocycles. The highest BCUT2D eigenvalue weighted by Gasteiger charge is 2.41. The zero-order valence-corrected chi connectivity index (χ0v) is 22.4. The van der Waals surface area contributed by atoms with Crippen LogP contribution in [-0.2, 0) is 16.0 Å². The summed E-state index contributed by atoms with van der Waals surface area (Å²) in [5.74, 6) is -0.106. The largest absolute Gasteiger partial charge is 0.343 e. The third-order valence-electron chi connectivity index (χ3n) is 6.62. The minimum Gasteiger partial charge on any atom is -0.343 e. The minimum atomic E-state index is -0.551. The molecule has 2 amide bonds. The van der Waals surface area contributed by atoms with Crippen molar-refractivity contribution < 1.29 is 9.59 Å². The summed E-state index contributed by atoms with van der Waals surface area (Å²) in [6.07, 6.45) is 16.5. The molecule has 190 valence electrons. The van der Waals surface area contributed by atoms with Crippen molar-refractivity contribution in [1.29, 1.82) is 0 Å². The van der Waals surface area contributed by atoms with Gasteiger partial charge in [-0.3, -0.25) is 9.59 Å². The van der Waals surface area contributed by atoms with Gasteiger partial charge in [-0.15, -0.1) is 0 Å². The van der Waals surface area contributed by atoms with Crippen LogP contribution in [0.15, 0.2) is 66.4 Å². The molecule has 0 aromatic heterocycles. The van der Waals surface area contributed by atoms with Gasteiger partial charge >= 0.3 is 0 Å². The van der Waals surface area contributed by atoms with E-state index in [1.165, 1.54) is 5.70 Å². The molecule has 1 spiro atoms. The molecular formula is C28H40N4O2S. The summed E-state index contributed by atoms with van der Waals surface area (Å²) in [5, 5.41) is 3.00. The molecule has 0 saturated carbocycles. The summed E-state index contributed by atoms with van der Waals surface area (Å²) in [6.45, 7) is 4.79. The Kier molecular flexibility index (Phi) is 10.0.